The van der Waals surface area contributed by atoms with Gasteiger partial charge in [0.2, 0.25) is 0 Å². The Bertz CT molecular complexity index is 213. The second-order valence-electron chi connectivity index (χ2n) is 1.54. The molecular formula is C7H7N2. The van der Waals surface area contributed by atoms with E-state index in [0.717, 1.165) is 0 Å². The van der Waals surface area contributed by atoms with Crippen LogP contribution in [0.25, 0.3) is 0 Å². The summed E-state index contributed by atoms with van der Waals surface area (Å²) >= 11 is 0. The molecule has 1 radical (unpaired) electrons. The topological polar surface area (TPSA) is 17.8 Å². The van der Waals surface area contributed by atoms with Crippen LogP contribution in [0.5, 0.6) is 0 Å². The van der Waals surface area contributed by atoms with Crippen molar-refractivity contribution in [2.45, 2.75) is 13.5 Å². The van der Waals surface area contributed by atoms with E-state index in [1.165, 1.54) is 0 Å². The summed E-state index contributed by atoms with van der Waals surface area (Å²) in [6.07, 6.45) is 4.57. The lowest BCUT2D eigenvalue weighted by Crippen LogP contribution is -1.94. The highest BCUT2D eigenvalue weighted by molar-refractivity contribution is 4.95. The molecule has 0 amide bonds. The Morgan fingerprint density at radius 1 is 1.78 bits per heavy atom. The molecule has 1 rings (SSSR count). The van der Waals surface area contributed by atoms with Crippen LogP contribution in [0.1, 0.15) is 6.92 Å². The van der Waals surface area contributed by atoms with Crippen LogP contribution in [-0.4, -0.2) is 9.78 Å². The van der Waals surface area contributed by atoms with Crippen molar-refractivity contribution in [1.82, 2.24) is 9.78 Å². The zero-order chi connectivity index (χ0) is 6.53. The maximum Gasteiger partial charge on any atom is 0.102 e. The third-order valence-corrected chi connectivity index (χ3v) is 0.910. The third kappa shape index (κ3) is 1.61. The first-order valence-corrected chi connectivity index (χ1v) is 2.72. The quantitative estimate of drug-likeness (QED) is 0.498. The highest BCUT2D eigenvalue weighted by Gasteiger charge is 1.81. The minimum atomic E-state index is 0.642. The molecule has 0 unspecified atom stereocenters. The molecule has 0 spiro atoms. The summed E-state index contributed by atoms with van der Waals surface area (Å²) in [5.41, 5.74) is 0. The maximum atomic E-state index is 3.91. The summed E-state index contributed by atoms with van der Waals surface area (Å²) in [5.74, 6) is 5.64. The molecular weight excluding hydrogens is 112 g/mol. The van der Waals surface area contributed by atoms with Gasteiger partial charge in [0.05, 0.1) is 6.20 Å². The van der Waals surface area contributed by atoms with Crippen molar-refractivity contribution < 1.29 is 0 Å². The van der Waals surface area contributed by atoms with Crippen LogP contribution in [0, 0.1) is 18.0 Å². The molecule has 9 heavy (non-hydrogen) atoms. The van der Waals surface area contributed by atoms with E-state index in [-0.39, 0.29) is 0 Å². The molecule has 0 aromatic carbocycles. The molecule has 0 saturated carbocycles. The van der Waals surface area contributed by atoms with E-state index in [0.29, 0.717) is 6.54 Å². The SMILES string of the molecule is CC#CCn1[c]ccn1. The summed E-state index contributed by atoms with van der Waals surface area (Å²) in [7, 11) is 0. The fourth-order valence-electron chi connectivity index (χ4n) is 0.507. The minimum absolute atomic E-state index is 0.642. The monoisotopic (exact) mass is 119 g/mol. The molecule has 1 aromatic rings. The number of rotatable bonds is 1. The van der Waals surface area contributed by atoms with E-state index < -0.39 is 0 Å². The molecule has 45 valence electrons. The molecule has 0 fully saturated rings. The van der Waals surface area contributed by atoms with Gasteiger partial charge in [-0.2, -0.15) is 5.10 Å². The summed E-state index contributed by atoms with van der Waals surface area (Å²) in [5, 5.41) is 3.91. The number of hydrogen-bond donors (Lipinski definition) is 0. The second-order valence-corrected chi connectivity index (χ2v) is 1.54. The molecule has 0 aliphatic heterocycles. The predicted molar refractivity (Wildman–Crippen MR) is 34.5 cm³/mol. The second kappa shape index (κ2) is 2.93. The molecule has 0 N–H and O–H groups in total. The van der Waals surface area contributed by atoms with Gasteiger partial charge in [0.1, 0.15) is 6.54 Å². The molecule has 0 aliphatic rings. The normalized spacial score (nSPS) is 8.11. The molecule has 2 heteroatoms. The zero-order valence-corrected chi connectivity index (χ0v) is 5.26. The Morgan fingerprint density at radius 3 is 3.22 bits per heavy atom. The average molecular weight is 119 g/mol. The van der Waals surface area contributed by atoms with Crippen LogP contribution >= 0.6 is 0 Å². The van der Waals surface area contributed by atoms with Crippen molar-refractivity contribution in [2.24, 2.45) is 0 Å². The summed E-state index contributed by atoms with van der Waals surface area (Å²) in [4.78, 5) is 0. The van der Waals surface area contributed by atoms with Crippen molar-refractivity contribution in [1.29, 1.82) is 0 Å². The van der Waals surface area contributed by atoms with Crippen LogP contribution < -0.4 is 0 Å². The number of aromatic nitrogens is 2. The largest absolute Gasteiger partial charge is 0.251 e. The fraction of sp³-hybridized carbons (Fsp3) is 0.286. The molecule has 1 heterocycles. The van der Waals surface area contributed by atoms with Crippen LogP contribution in [0.15, 0.2) is 12.3 Å². The van der Waals surface area contributed by atoms with Gasteiger partial charge in [-0.3, -0.25) is 4.68 Å². The van der Waals surface area contributed by atoms with E-state index in [1.807, 2.05) is 6.92 Å². The van der Waals surface area contributed by atoms with E-state index in [2.05, 4.69) is 23.1 Å². The molecule has 0 saturated heterocycles. The molecule has 0 bridgehead atoms. The Balaban J connectivity index is 2.54. The van der Waals surface area contributed by atoms with Crippen LogP contribution in [-0.2, 0) is 6.54 Å². The van der Waals surface area contributed by atoms with E-state index >= 15 is 0 Å². The van der Waals surface area contributed by atoms with Crippen molar-refractivity contribution >= 4 is 0 Å². The Labute approximate surface area is 54.5 Å². The molecule has 2 nitrogen and oxygen atoms in total. The van der Waals surface area contributed by atoms with Gasteiger partial charge in [0.15, 0.2) is 0 Å². The maximum absolute atomic E-state index is 3.91. The van der Waals surface area contributed by atoms with Crippen molar-refractivity contribution in [3.8, 4) is 11.8 Å². The first kappa shape index (κ1) is 5.90. The first-order chi connectivity index (χ1) is 4.43. The Hall–Kier alpha value is -1.23. The van der Waals surface area contributed by atoms with Crippen LogP contribution in [0.4, 0.5) is 0 Å². The lowest BCUT2D eigenvalue weighted by molar-refractivity contribution is 0.709. The number of hydrogen-bond acceptors (Lipinski definition) is 1. The highest BCUT2D eigenvalue weighted by atomic mass is 15.3. The number of nitrogens with zero attached hydrogens (tertiary/aromatic N) is 2. The first-order valence-electron chi connectivity index (χ1n) is 2.72. The van der Waals surface area contributed by atoms with Gasteiger partial charge < -0.3 is 0 Å². The predicted octanol–water partition coefficient (Wildman–Crippen LogP) is 0.707. The molecule has 0 aliphatic carbocycles. The van der Waals surface area contributed by atoms with Gasteiger partial charge >= 0.3 is 0 Å². The van der Waals surface area contributed by atoms with E-state index in [1.54, 1.807) is 16.9 Å². The summed E-state index contributed by atoms with van der Waals surface area (Å²) in [6, 6.07) is 1.76. The van der Waals surface area contributed by atoms with E-state index in [4.69, 9.17) is 0 Å². The smallest absolute Gasteiger partial charge is 0.102 e. The summed E-state index contributed by atoms with van der Waals surface area (Å²) in [6.45, 7) is 2.45. The van der Waals surface area contributed by atoms with Gasteiger partial charge in [-0.25, -0.2) is 0 Å². The molecule has 0 atom stereocenters. The standard InChI is InChI=1S/C7H7N2/c1-2-3-6-9-7-4-5-8-9/h4-5H,6H2,1H3. The lowest BCUT2D eigenvalue weighted by atomic mass is 10.6. The van der Waals surface area contributed by atoms with Crippen molar-refractivity contribution in [3.05, 3.63) is 18.5 Å². The third-order valence-electron chi connectivity index (χ3n) is 0.910. The van der Waals surface area contributed by atoms with Crippen LogP contribution in [0.2, 0.25) is 0 Å². The van der Waals surface area contributed by atoms with E-state index in [9.17, 15) is 0 Å². The van der Waals surface area contributed by atoms with Gasteiger partial charge in [0.25, 0.3) is 0 Å². The summed E-state index contributed by atoms with van der Waals surface area (Å²) < 4.78 is 1.66. The van der Waals surface area contributed by atoms with Gasteiger partial charge in [-0.1, -0.05) is 5.92 Å². The van der Waals surface area contributed by atoms with Crippen LogP contribution in [0.3, 0.4) is 0 Å². The lowest BCUT2D eigenvalue weighted by Gasteiger charge is -1.87. The zero-order valence-electron chi connectivity index (χ0n) is 5.26. The minimum Gasteiger partial charge on any atom is -0.251 e. The van der Waals surface area contributed by atoms with Gasteiger partial charge in [-0.05, 0) is 13.0 Å². The van der Waals surface area contributed by atoms with Crippen molar-refractivity contribution in [2.75, 3.05) is 0 Å². The highest BCUT2D eigenvalue weighted by Crippen LogP contribution is 1.79. The van der Waals surface area contributed by atoms with Gasteiger partial charge in [-0.15, -0.1) is 5.92 Å². The van der Waals surface area contributed by atoms with Crippen molar-refractivity contribution in [3.63, 3.8) is 0 Å². The fourth-order valence-corrected chi connectivity index (χ4v) is 0.507. The Kier molecular flexibility index (Phi) is 1.92. The average Bonchev–Trinajstić information content (AvgIpc) is 2.34. The van der Waals surface area contributed by atoms with Gasteiger partial charge in [0, 0.05) is 6.20 Å². The molecule has 1 aromatic heterocycles. The Morgan fingerprint density at radius 2 is 2.67 bits per heavy atom.